The van der Waals surface area contributed by atoms with Crippen LogP contribution in [0.15, 0.2) is 0 Å². The van der Waals surface area contributed by atoms with Crippen molar-refractivity contribution in [1.82, 2.24) is 10.2 Å². The third-order valence-electron chi connectivity index (χ3n) is 10.0. The Morgan fingerprint density at radius 1 is 0.588 bits per heavy atom. The van der Waals surface area contributed by atoms with Crippen molar-refractivity contribution in [3.05, 3.63) is 0 Å². The summed E-state index contributed by atoms with van der Waals surface area (Å²) in [5, 5.41) is 53.4. The standard InChI is InChI=1S/C41H82N2O8/c1-5-9-11-13-15-17-19-20-21-23-25-27-29-32-51-35(30-7-3)40(49)42-36(8-4)43(31-28-26-24-22-18-16-14-12-10-6-2)41(50)39(48)38(47)37(46)34(45)33-44/h34-39,44-48H,5-33H2,1-4H3,(H,42,49)/t34-,35?,36?,37-,38+,39-/m1/s1. The van der Waals surface area contributed by atoms with Gasteiger partial charge < -0.3 is 40.5 Å². The van der Waals surface area contributed by atoms with E-state index in [1.54, 1.807) is 0 Å². The predicted molar refractivity (Wildman–Crippen MR) is 207 cm³/mol. The number of nitrogens with zero attached hydrogens (tertiary/aromatic N) is 1. The van der Waals surface area contributed by atoms with Crippen LogP contribution in [0, 0.1) is 0 Å². The van der Waals surface area contributed by atoms with Gasteiger partial charge in [0.2, 0.25) is 0 Å². The van der Waals surface area contributed by atoms with Crippen molar-refractivity contribution in [1.29, 1.82) is 0 Å². The number of ether oxygens (including phenoxy) is 1. The van der Waals surface area contributed by atoms with Crippen molar-refractivity contribution < 1.29 is 39.9 Å². The molecule has 0 bridgehead atoms. The van der Waals surface area contributed by atoms with Gasteiger partial charge in [-0.25, -0.2) is 0 Å². The molecule has 10 heteroatoms. The molecule has 10 nitrogen and oxygen atoms in total. The molecular weight excluding hydrogens is 648 g/mol. The van der Waals surface area contributed by atoms with Gasteiger partial charge in [-0.1, -0.05) is 169 Å². The fourth-order valence-corrected chi connectivity index (χ4v) is 6.58. The number of rotatable bonds is 37. The van der Waals surface area contributed by atoms with E-state index in [0.29, 0.717) is 25.9 Å². The van der Waals surface area contributed by atoms with Gasteiger partial charge in [-0.2, -0.15) is 0 Å². The van der Waals surface area contributed by atoms with Crippen LogP contribution in [0.5, 0.6) is 0 Å². The van der Waals surface area contributed by atoms with Crippen molar-refractivity contribution >= 4 is 11.8 Å². The topological polar surface area (TPSA) is 160 Å². The van der Waals surface area contributed by atoms with Crippen LogP contribution in [0.25, 0.3) is 0 Å². The zero-order chi connectivity index (χ0) is 38.1. The van der Waals surface area contributed by atoms with Gasteiger partial charge in [-0.3, -0.25) is 9.59 Å². The zero-order valence-corrected chi connectivity index (χ0v) is 33.4. The van der Waals surface area contributed by atoms with Gasteiger partial charge in [-0.05, 0) is 25.7 Å². The molecule has 0 saturated heterocycles. The Hall–Kier alpha value is -1.30. The molecule has 51 heavy (non-hydrogen) atoms. The van der Waals surface area contributed by atoms with Crippen LogP contribution < -0.4 is 5.32 Å². The van der Waals surface area contributed by atoms with E-state index in [9.17, 15) is 35.1 Å². The van der Waals surface area contributed by atoms with Crippen LogP contribution >= 0.6 is 0 Å². The zero-order valence-electron chi connectivity index (χ0n) is 33.4. The molecule has 0 spiro atoms. The van der Waals surface area contributed by atoms with E-state index in [1.165, 1.54) is 108 Å². The number of hydrogen-bond donors (Lipinski definition) is 6. The maximum atomic E-state index is 13.6. The number of aliphatic hydroxyl groups excluding tert-OH is 5. The van der Waals surface area contributed by atoms with Crippen LogP contribution in [0.2, 0.25) is 0 Å². The molecular formula is C41H82N2O8. The lowest BCUT2D eigenvalue weighted by molar-refractivity contribution is -0.162. The van der Waals surface area contributed by atoms with E-state index >= 15 is 0 Å². The molecule has 0 aliphatic rings. The van der Waals surface area contributed by atoms with Gasteiger partial charge in [0.15, 0.2) is 6.10 Å². The van der Waals surface area contributed by atoms with E-state index in [-0.39, 0.29) is 12.5 Å². The van der Waals surface area contributed by atoms with Gasteiger partial charge >= 0.3 is 0 Å². The van der Waals surface area contributed by atoms with Crippen LogP contribution in [0.1, 0.15) is 195 Å². The molecule has 6 atom stereocenters. The summed E-state index contributed by atoms with van der Waals surface area (Å²) >= 11 is 0. The maximum absolute atomic E-state index is 13.6. The summed E-state index contributed by atoms with van der Waals surface area (Å²) in [5.41, 5.74) is 0. The van der Waals surface area contributed by atoms with Crippen molar-refractivity contribution in [3.8, 4) is 0 Å². The minimum atomic E-state index is -2.05. The minimum Gasteiger partial charge on any atom is -0.394 e. The van der Waals surface area contributed by atoms with Gasteiger partial charge in [0.25, 0.3) is 11.8 Å². The average Bonchev–Trinajstić information content (AvgIpc) is 3.14. The Morgan fingerprint density at radius 3 is 1.43 bits per heavy atom. The Kier molecular flexibility index (Phi) is 33.6. The lowest BCUT2D eigenvalue weighted by Gasteiger charge is -2.36. The highest BCUT2D eigenvalue weighted by Gasteiger charge is 2.38. The van der Waals surface area contributed by atoms with E-state index in [2.05, 4.69) is 19.2 Å². The normalized spacial score (nSPS) is 15.2. The molecule has 0 saturated carbocycles. The number of aliphatic hydroxyl groups is 5. The number of nitrogens with one attached hydrogen (secondary N) is 1. The number of unbranched alkanes of at least 4 members (excludes halogenated alkanes) is 21. The van der Waals surface area contributed by atoms with E-state index in [0.717, 1.165) is 44.9 Å². The Balaban J connectivity index is 5.04. The highest BCUT2D eigenvalue weighted by atomic mass is 16.5. The molecule has 6 N–H and O–H groups in total. The summed E-state index contributed by atoms with van der Waals surface area (Å²) in [4.78, 5) is 28.4. The number of hydrogen-bond acceptors (Lipinski definition) is 8. The quantitative estimate of drug-likeness (QED) is 0.0287. The Morgan fingerprint density at radius 2 is 1.02 bits per heavy atom. The monoisotopic (exact) mass is 731 g/mol. The van der Waals surface area contributed by atoms with Gasteiger partial charge in [0.05, 0.1) is 6.61 Å². The summed E-state index contributed by atoms with van der Waals surface area (Å²) in [6.07, 6.45) is 20.0. The Labute approximate surface area is 312 Å². The second-order valence-corrected chi connectivity index (χ2v) is 14.7. The van der Waals surface area contributed by atoms with Gasteiger partial charge in [0.1, 0.15) is 30.6 Å². The summed E-state index contributed by atoms with van der Waals surface area (Å²) in [5.74, 6) is -1.17. The summed E-state index contributed by atoms with van der Waals surface area (Å²) in [7, 11) is 0. The molecule has 0 aromatic heterocycles. The van der Waals surface area contributed by atoms with Crippen LogP contribution in [0.4, 0.5) is 0 Å². The fraction of sp³-hybridized carbons (Fsp3) is 0.951. The van der Waals surface area contributed by atoms with Gasteiger partial charge in [-0.15, -0.1) is 0 Å². The molecule has 0 aliphatic heterocycles. The first-order chi connectivity index (χ1) is 24.7. The summed E-state index contributed by atoms with van der Waals surface area (Å²) in [6, 6.07) is 0. The molecule has 2 unspecified atom stereocenters. The molecule has 0 aliphatic carbocycles. The Bertz CT molecular complexity index is 804. The van der Waals surface area contributed by atoms with Crippen molar-refractivity contribution in [2.45, 2.75) is 231 Å². The van der Waals surface area contributed by atoms with Gasteiger partial charge in [0, 0.05) is 13.2 Å². The number of carbonyl (C=O) groups is 2. The lowest BCUT2D eigenvalue weighted by atomic mass is 10.0. The van der Waals surface area contributed by atoms with E-state index < -0.39 is 49.2 Å². The minimum absolute atomic E-state index is 0.245. The highest BCUT2D eigenvalue weighted by Crippen LogP contribution is 2.17. The fourth-order valence-electron chi connectivity index (χ4n) is 6.58. The first kappa shape index (κ1) is 49.7. The van der Waals surface area contributed by atoms with Crippen LogP contribution in [-0.4, -0.2) is 98.7 Å². The molecule has 0 rings (SSSR count). The SMILES string of the molecule is CCCCCCCCCCCCCCCOC(CCC)C(=O)NC(CC)N(CCCCCCCCCCCC)C(=O)[C@H](O)[C@@H](O)[C@H](O)[C@H](O)CO. The number of amides is 2. The van der Waals surface area contributed by atoms with Crippen LogP contribution in [0.3, 0.4) is 0 Å². The summed E-state index contributed by atoms with van der Waals surface area (Å²) in [6.45, 7) is 8.19. The second kappa shape index (κ2) is 34.5. The highest BCUT2D eigenvalue weighted by molar-refractivity contribution is 5.84. The molecule has 0 heterocycles. The molecule has 0 radical (unpaired) electrons. The molecule has 0 fully saturated rings. The third-order valence-corrected chi connectivity index (χ3v) is 10.0. The number of carbonyl (C=O) groups excluding carboxylic acids is 2. The third kappa shape index (κ3) is 24.6. The smallest absolute Gasteiger partial charge is 0.255 e. The van der Waals surface area contributed by atoms with E-state index in [4.69, 9.17) is 4.74 Å². The maximum Gasteiger partial charge on any atom is 0.255 e. The van der Waals surface area contributed by atoms with Crippen LogP contribution in [-0.2, 0) is 14.3 Å². The summed E-state index contributed by atoms with van der Waals surface area (Å²) < 4.78 is 6.06. The molecule has 0 aromatic rings. The molecule has 304 valence electrons. The van der Waals surface area contributed by atoms with Crippen molar-refractivity contribution in [2.75, 3.05) is 19.8 Å². The first-order valence-corrected chi connectivity index (χ1v) is 21.2. The molecule has 0 aromatic carbocycles. The lowest BCUT2D eigenvalue weighted by Crippen LogP contribution is -2.59. The first-order valence-electron chi connectivity index (χ1n) is 21.2. The molecule has 2 amide bonds. The predicted octanol–water partition coefficient (Wildman–Crippen LogP) is 7.30. The van der Waals surface area contributed by atoms with E-state index in [1.807, 2.05) is 13.8 Å². The van der Waals surface area contributed by atoms with Crippen molar-refractivity contribution in [2.24, 2.45) is 0 Å². The van der Waals surface area contributed by atoms with Crippen molar-refractivity contribution in [3.63, 3.8) is 0 Å². The second-order valence-electron chi connectivity index (χ2n) is 14.7. The average molecular weight is 731 g/mol. The largest absolute Gasteiger partial charge is 0.394 e.